The van der Waals surface area contributed by atoms with E-state index in [-0.39, 0.29) is 5.91 Å². The highest BCUT2D eigenvalue weighted by molar-refractivity contribution is 7.12. The number of hydrogen-bond acceptors (Lipinski definition) is 6. The zero-order valence-corrected chi connectivity index (χ0v) is 20.3. The third-order valence-corrected chi connectivity index (χ3v) is 6.94. The lowest BCUT2D eigenvalue weighted by atomic mass is 10.0. The van der Waals surface area contributed by atoms with Gasteiger partial charge in [-0.3, -0.25) is 4.79 Å². The van der Waals surface area contributed by atoms with Crippen molar-refractivity contribution in [3.63, 3.8) is 0 Å². The van der Waals surface area contributed by atoms with Crippen LogP contribution in [0, 0.1) is 17.2 Å². The lowest BCUT2D eigenvalue weighted by Gasteiger charge is -2.14. The van der Waals surface area contributed by atoms with Crippen LogP contribution in [0.5, 0.6) is 5.75 Å². The smallest absolute Gasteiger partial charge is 0.280 e. The van der Waals surface area contributed by atoms with Crippen LogP contribution >= 0.6 is 11.3 Å². The zero-order chi connectivity index (χ0) is 23.1. The molecule has 0 bridgehead atoms. The zero-order valence-electron chi connectivity index (χ0n) is 18.5. The summed E-state index contributed by atoms with van der Waals surface area (Å²) in [5.41, 5.74) is 2.88. The molecule has 8 heteroatoms. The van der Waals surface area contributed by atoms with Crippen LogP contribution in [-0.4, -0.2) is 40.6 Å². The highest BCUT2D eigenvalue weighted by Crippen LogP contribution is 2.36. The van der Waals surface area contributed by atoms with Gasteiger partial charge in [0, 0.05) is 44.5 Å². The fraction of sp³-hybridized carbons (Fsp3) is 0.292. The van der Waals surface area contributed by atoms with Crippen molar-refractivity contribution in [2.75, 3.05) is 25.5 Å². The Balaban J connectivity index is 1.87. The number of methoxy groups -OCH3 is 1. The molecule has 0 saturated heterocycles. The largest absolute Gasteiger partial charge is 0.495 e. The minimum Gasteiger partial charge on any atom is -0.495 e. The normalized spacial score (nSPS) is 11.6. The van der Waals surface area contributed by atoms with Crippen LogP contribution in [0.4, 0.5) is 5.69 Å². The lowest BCUT2D eigenvalue weighted by molar-refractivity contribution is 0.0948. The van der Waals surface area contributed by atoms with Crippen molar-refractivity contribution < 1.29 is 9.53 Å². The Morgan fingerprint density at radius 3 is 2.88 bits per heavy atom. The van der Waals surface area contributed by atoms with Gasteiger partial charge in [-0.2, -0.15) is 5.26 Å². The summed E-state index contributed by atoms with van der Waals surface area (Å²) < 4.78 is 5.52. The highest BCUT2D eigenvalue weighted by Gasteiger charge is 2.15. The minimum atomic E-state index is -0.132. The summed E-state index contributed by atoms with van der Waals surface area (Å²) in [4.78, 5) is 17.1. The molecule has 1 atom stereocenters. The molecule has 2 radical (unpaired) electrons. The third kappa shape index (κ3) is 5.55. The van der Waals surface area contributed by atoms with Crippen molar-refractivity contribution in [1.29, 1.82) is 5.26 Å². The number of rotatable bonds is 10. The molecule has 3 aromatic rings. The van der Waals surface area contributed by atoms with Gasteiger partial charge < -0.3 is 15.4 Å². The molecule has 1 aromatic heterocycles. The first-order chi connectivity index (χ1) is 15.5. The summed E-state index contributed by atoms with van der Waals surface area (Å²) in [6, 6.07) is 13.1. The summed E-state index contributed by atoms with van der Waals surface area (Å²) in [5, 5.41) is 19.6. The van der Waals surface area contributed by atoms with Gasteiger partial charge in [-0.15, -0.1) is 11.3 Å². The highest BCUT2D eigenvalue weighted by atomic mass is 32.1. The first-order valence-electron chi connectivity index (χ1n) is 10.3. The molecule has 0 aliphatic heterocycles. The Morgan fingerprint density at radius 2 is 2.16 bits per heavy atom. The average Bonchev–Trinajstić information content (AvgIpc) is 3.31. The number of anilines is 1. The Hall–Kier alpha value is -3.15. The van der Waals surface area contributed by atoms with Crippen LogP contribution in [0.1, 0.15) is 16.7 Å². The molecule has 6 nitrogen and oxygen atoms in total. The van der Waals surface area contributed by atoms with Gasteiger partial charge in [-0.1, -0.05) is 44.3 Å². The van der Waals surface area contributed by atoms with Gasteiger partial charge in [0.15, 0.2) is 5.01 Å². The molecular weight excluding hydrogens is 436 g/mol. The number of nitrogens with zero attached hydrogens (tertiary/aromatic N) is 2. The van der Waals surface area contributed by atoms with Crippen molar-refractivity contribution in [2.45, 2.75) is 19.5 Å². The van der Waals surface area contributed by atoms with E-state index in [0.717, 1.165) is 43.3 Å². The van der Waals surface area contributed by atoms with E-state index in [1.54, 1.807) is 7.11 Å². The molecule has 1 unspecified atom stereocenters. The predicted octanol–water partition coefficient (Wildman–Crippen LogP) is 5.00. The van der Waals surface area contributed by atoms with Gasteiger partial charge in [0.1, 0.15) is 5.75 Å². The van der Waals surface area contributed by atoms with Gasteiger partial charge >= 0.3 is 0 Å². The number of ether oxygens (including phenoxy) is 1. The number of fused-ring (bicyclic) bond motifs is 1. The van der Waals surface area contributed by atoms with Gasteiger partial charge in [-0.05, 0) is 23.4 Å². The Labute approximate surface area is 195 Å². The fourth-order valence-electron chi connectivity index (χ4n) is 3.32. The molecule has 1 amide bonds. The van der Waals surface area contributed by atoms with E-state index in [1.807, 2.05) is 35.7 Å². The molecule has 32 heavy (non-hydrogen) atoms. The monoisotopic (exact) mass is 462 g/mol. The summed E-state index contributed by atoms with van der Waals surface area (Å²) in [6.45, 7) is 9.04. The summed E-state index contributed by atoms with van der Waals surface area (Å²) in [7, 11) is 2.50. The molecule has 2 N–H and O–H groups in total. The molecular formula is C24H26N4O2SSi. The van der Waals surface area contributed by atoms with E-state index >= 15 is 0 Å². The fourth-order valence-corrected chi connectivity index (χ4v) is 4.90. The molecule has 0 saturated carbocycles. The van der Waals surface area contributed by atoms with Crippen molar-refractivity contribution in [2.24, 2.45) is 5.92 Å². The number of hydrogen-bond donors (Lipinski definition) is 2. The molecule has 0 aliphatic carbocycles. The third-order valence-electron chi connectivity index (χ3n) is 5.00. The lowest BCUT2D eigenvalue weighted by Crippen LogP contribution is -2.28. The van der Waals surface area contributed by atoms with E-state index in [9.17, 15) is 4.79 Å². The second kappa shape index (κ2) is 10.9. The van der Waals surface area contributed by atoms with Crippen LogP contribution in [0.15, 0.2) is 47.9 Å². The van der Waals surface area contributed by atoms with Crippen LogP contribution in [-0.2, 0) is 0 Å². The summed E-state index contributed by atoms with van der Waals surface area (Å²) in [5.74, 6) is 1.01. The maximum absolute atomic E-state index is 12.5. The summed E-state index contributed by atoms with van der Waals surface area (Å²) >= 11 is 1.34. The maximum Gasteiger partial charge on any atom is 0.280 e. The number of nitrogens with one attached hydrogen (secondary N) is 2. The van der Waals surface area contributed by atoms with Crippen LogP contribution in [0.25, 0.3) is 22.0 Å². The second-order valence-electron chi connectivity index (χ2n) is 7.56. The van der Waals surface area contributed by atoms with Crippen molar-refractivity contribution in [3.05, 3.63) is 52.9 Å². The second-order valence-corrected chi connectivity index (χ2v) is 9.53. The van der Waals surface area contributed by atoms with E-state index in [1.165, 1.54) is 11.3 Å². The quantitative estimate of drug-likeness (QED) is 0.327. The number of benzene rings is 2. The standard InChI is InChI=1S/C24H26N4O2SSi/c1-15(10-25)11-26-22-19-9-18(6-5-17(19)7-8-21(22)30-3)20-13-31-24(28-20)23(29)27-12-16(2)14-32-4/h5-9,13,16,26H,1,11-12,14H2,2-4H3,(H,27,29). The predicted molar refractivity (Wildman–Crippen MR) is 133 cm³/mol. The van der Waals surface area contributed by atoms with Gasteiger partial charge in [0.05, 0.1) is 24.6 Å². The van der Waals surface area contributed by atoms with Crippen LogP contribution in [0.2, 0.25) is 12.6 Å². The molecule has 164 valence electrons. The number of carbonyl (C=O) groups is 1. The molecule has 0 fully saturated rings. The Bertz CT molecular complexity index is 1170. The van der Waals surface area contributed by atoms with Crippen molar-refractivity contribution in [1.82, 2.24) is 10.3 Å². The average molecular weight is 463 g/mol. The number of thiazole rings is 1. The number of carbonyl (C=O) groups excluding carboxylic acids is 1. The number of nitriles is 1. The Morgan fingerprint density at radius 1 is 1.38 bits per heavy atom. The first-order valence-corrected chi connectivity index (χ1v) is 12.9. The van der Waals surface area contributed by atoms with Gasteiger partial charge in [-0.25, -0.2) is 4.98 Å². The molecule has 1 heterocycles. The van der Waals surface area contributed by atoms with E-state index < -0.39 is 0 Å². The maximum atomic E-state index is 12.5. The molecule has 2 aromatic carbocycles. The van der Waals surface area contributed by atoms with Gasteiger partial charge in [0.2, 0.25) is 0 Å². The van der Waals surface area contributed by atoms with E-state index in [0.29, 0.717) is 35.3 Å². The van der Waals surface area contributed by atoms with E-state index in [2.05, 4.69) is 41.7 Å². The Kier molecular flexibility index (Phi) is 8.03. The van der Waals surface area contributed by atoms with Crippen molar-refractivity contribution in [3.8, 4) is 23.1 Å². The minimum absolute atomic E-state index is 0.132. The molecule has 0 spiro atoms. The topological polar surface area (TPSA) is 87.0 Å². The molecule has 0 aliphatic rings. The van der Waals surface area contributed by atoms with Crippen molar-refractivity contribution >= 4 is 43.2 Å². The van der Waals surface area contributed by atoms with Crippen LogP contribution in [0.3, 0.4) is 0 Å². The number of amides is 1. The molecule has 3 rings (SSSR count). The first kappa shape index (κ1) is 23.5. The van der Waals surface area contributed by atoms with E-state index in [4.69, 9.17) is 10.00 Å². The van der Waals surface area contributed by atoms with Gasteiger partial charge in [0.25, 0.3) is 5.91 Å². The SMILES string of the molecule is C=C(C#N)CNc1c(OC)ccc2ccc(-c3csc(C(=O)NCC(C)C[Si]C)n3)cc12. The number of aromatic nitrogens is 1. The summed E-state index contributed by atoms with van der Waals surface area (Å²) in [6.07, 6.45) is 0. The van der Waals surface area contributed by atoms with Crippen LogP contribution < -0.4 is 15.4 Å².